The van der Waals surface area contributed by atoms with Crippen molar-refractivity contribution in [3.8, 4) is 0 Å². The van der Waals surface area contributed by atoms with Gasteiger partial charge in [-0.15, -0.1) is 11.3 Å². The molecule has 0 bridgehead atoms. The Morgan fingerprint density at radius 3 is 2.43 bits per heavy atom. The van der Waals surface area contributed by atoms with Crippen molar-refractivity contribution in [2.45, 2.75) is 31.7 Å². The molecular formula is C15H20N2O2S2. The van der Waals surface area contributed by atoms with Crippen molar-refractivity contribution in [3.05, 3.63) is 46.2 Å². The summed E-state index contributed by atoms with van der Waals surface area (Å²) in [5.74, 6) is 0. The van der Waals surface area contributed by atoms with Crippen molar-refractivity contribution in [1.82, 2.24) is 4.72 Å². The van der Waals surface area contributed by atoms with Crippen LogP contribution in [0.2, 0.25) is 0 Å². The average molecular weight is 324 g/mol. The van der Waals surface area contributed by atoms with Crippen LogP contribution in [0.1, 0.15) is 23.6 Å². The lowest BCUT2D eigenvalue weighted by Crippen LogP contribution is -2.24. The molecule has 114 valence electrons. The van der Waals surface area contributed by atoms with Crippen molar-refractivity contribution >= 4 is 27.0 Å². The summed E-state index contributed by atoms with van der Waals surface area (Å²) >= 11 is 1.75. The minimum atomic E-state index is -3.45. The fourth-order valence-corrected chi connectivity index (χ4v) is 4.13. The Bertz CT molecular complexity index is 693. The van der Waals surface area contributed by atoms with Crippen LogP contribution in [-0.2, 0) is 23.0 Å². The van der Waals surface area contributed by atoms with E-state index in [4.69, 9.17) is 0 Å². The summed E-state index contributed by atoms with van der Waals surface area (Å²) in [6.45, 7) is 4.90. The molecule has 6 heteroatoms. The third-order valence-electron chi connectivity index (χ3n) is 3.03. The van der Waals surface area contributed by atoms with E-state index in [1.54, 1.807) is 36.5 Å². The van der Waals surface area contributed by atoms with E-state index >= 15 is 0 Å². The van der Waals surface area contributed by atoms with Crippen LogP contribution in [0.5, 0.6) is 0 Å². The standard InChI is InChI=1S/C15H20N2O2S2/c1-3-12-9-10-13(20-12)11-16-14-7-5-6-8-15(14)21(18,19)17-4-2/h5-10,16-17H,3-4,11H2,1-2H3. The lowest BCUT2D eigenvalue weighted by atomic mass is 10.3. The van der Waals surface area contributed by atoms with Gasteiger partial charge in [0.15, 0.2) is 0 Å². The molecule has 21 heavy (non-hydrogen) atoms. The number of hydrogen-bond acceptors (Lipinski definition) is 4. The smallest absolute Gasteiger partial charge is 0.242 e. The minimum Gasteiger partial charge on any atom is -0.379 e. The van der Waals surface area contributed by atoms with Gasteiger partial charge in [0.05, 0.1) is 5.69 Å². The van der Waals surface area contributed by atoms with Crippen LogP contribution < -0.4 is 10.0 Å². The molecular weight excluding hydrogens is 304 g/mol. The van der Waals surface area contributed by atoms with Crippen LogP contribution in [0, 0.1) is 0 Å². The summed E-state index contributed by atoms with van der Waals surface area (Å²) in [6.07, 6.45) is 1.02. The molecule has 0 unspecified atom stereocenters. The van der Waals surface area contributed by atoms with Crippen LogP contribution in [-0.4, -0.2) is 15.0 Å². The van der Waals surface area contributed by atoms with Crippen molar-refractivity contribution in [2.75, 3.05) is 11.9 Å². The average Bonchev–Trinajstić information content (AvgIpc) is 2.93. The maximum atomic E-state index is 12.2. The summed E-state index contributed by atoms with van der Waals surface area (Å²) in [6, 6.07) is 11.2. The monoisotopic (exact) mass is 324 g/mol. The predicted molar refractivity (Wildman–Crippen MR) is 88.3 cm³/mol. The van der Waals surface area contributed by atoms with Crippen molar-refractivity contribution in [1.29, 1.82) is 0 Å². The van der Waals surface area contributed by atoms with Gasteiger partial charge in [0, 0.05) is 22.8 Å². The number of hydrogen-bond donors (Lipinski definition) is 2. The Labute approximate surface area is 130 Å². The first-order chi connectivity index (χ1) is 10.1. The van der Waals surface area contributed by atoms with Crippen LogP contribution in [0.3, 0.4) is 0 Å². The number of para-hydroxylation sites is 1. The fraction of sp³-hybridized carbons (Fsp3) is 0.333. The molecule has 1 heterocycles. The van der Waals surface area contributed by atoms with E-state index in [1.165, 1.54) is 9.75 Å². The zero-order valence-corrected chi connectivity index (χ0v) is 13.9. The normalized spacial score (nSPS) is 11.5. The Balaban J connectivity index is 2.17. The summed E-state index contributed by atoms with van der Waals surface area (Å²) in [5, 5.41) is 3.22. The van der Waals surface area contributed by atoms with Crippen molar-refractivity contribution in [3.63, 3.8) is 0 Å². The Morgan fingerprint density at radius 2 is 1.76 bits per heavy atom. The molecule has 2 N–H and O–H groups in total. The molecule has 2 aromatic rings. The molecule has 1 aromatic heterocycles. The Kier molecular flexibility index (Phi) is 5.39. The highest BCUT2D eigenvalue weighted by atomic mass is 32.2. The van der Waals surface area contributed by atoms with Gasteiger partial charge in [0.25, 0.3) is 0 Å². The van der Waals surface area contributed by atoms with Gasteiger partial charge < -0.3 is 5.32 Å². The molecule has 2 rings (SSSR count). The summed E-state index contributed by atoms with van der Waals surface area (Å²) in [4.78, 5) is 2.82. The van der Waals surface area contributed by atoms with Crippen molar-refractivity contribution in [2.24, 2.45) is 0 Å². The second-order valence-corrected chi connectivity index (χ2v) is 7.56. The van der Waals surface area contributed by atoms with Crippen molar-refractivity contribution < 1.29 is 8.42 Å². The van der Waals surface area contributed by atoms with Gasteiger partial charge in [-0.25, -0.2) is 13.1 Å². The van der Waals surface area contributed by atoms with E-state index in [1.807, 2.05) is 6.07 Å². The number of rotatable bonds is 7. The number of thiophene rings is 1. The fourth-order valence-electron chi connectivity index (χ4n) is 2.00. The number of sulfonamides is 1. The van der Waals surface area contributed by atoms with Gasteiger partial charge in [-0.3, -0.25) is 0 Å². The molecule has 0 aliphatic carbocycles. The van der Waals surface area contributed by atoms with E-state index in [2.05, 4.69) is 29.1 Å². The topological polar surface area (TPSA) is 58.2 Å². The molecule has 0 aliphatic rings. The van der Waals surface area contributed by atoms with E-state index in [0.717, 1.165) is 6.42 Å². The predicted octanol–water partition coefficient (Wildman–Crippen LogP) is 3.22. The largest absolute Gasteiger partial charge is 0.379 e. The number of anilines is 1. The second kappa shape index (κ2) is 7.06. The molecule has 1 aromatic carbocycles. The van der Waals surface area contributed by atoms with Gasteiger partial charge in [-0.2, -0.15) is 0 Å². The van der Waals surface area contributed by atoms with Gasteiger partial charge in [-0.05, 0) is 30.7 Å². The molecule has 0 atom stereocenters. The van der Waals surface area contributed by atoms with E-state index in [9.17, 15) is 8.42 Å². The first kappa shape index (κ1) is 16.0. The maximum Gasteiger partial charge on any atom is 0.242 e. The first-order valence-electron chi connectivity index (χ1n) is 6.97. The van der Waals surface area contributed by atoms with Gasteiger partial charge >= 0.3 is 0 Å². The third kappa shape index (κ3) is 4.06. The third-order valence-corrected chi connectivity index (χ3v) is 5.86. The van der Waals surface area contributed by atoms with E-state index in [0.29, 0.717) is 23.7 Å². The molecule has 0 amide bonds. The Hall–Kier alpha value is -1.37. The number of aryl methyl sites for hydroxylation is 1. The van der Waals surface area contributed by atoms with Crippen LogP contribution >= 0.6 is 11.3 Å². The Morgan fingerprint density at radius 1 is 1.05 bits per heavy atom. The molecule has 0 saturated carbocycles. The second-order valence-electron chi connectivity index (χ2n) is 4.57. The number of benzene rings is 1. The first-order valence-corrected chi connectivity index (χ1v) is 9.27. The molecule has 0 spiro atoms. The quantitative estimate of drug-likeness (QED) is 0.822. The van der Waals surface area contributed by atoms with Gasteiger partial charge in [0.2, 0.25) is 10.0 Å². The molecule has 0 radical (unpaired) electrons. The number of nitrogens with one attached hydrogen (secondary N) is 2. The highest BCUT2D eigenvalue weighted by Crippen LogP contribution is 2.23. The molecule has 0 fully saturated rings. The maximum absolute atomic E-state index is 12.2. The zero-order valence-electron chi connectivity index (χ0n) is 12.2. The summed E-state index contributed by atoms with van der Waals surface area (Å²) in [5.41, 5.74) is 0.630. The van der Waals surface area contributed by atoms with Crippen LogP contribution in [0.15, 0.2) is 41.3 Å². The SMILES string of the molecule is CCNS(=O)(=O)c1ccccc1NCc1ccc(CC)s1. The highest BCUT2D eigenvalue weighted by molar-refractivity contribution is 7.89. The summed E-state index contributed by atoms with van der Waals surface area (Å²) in [7, 11) is -3.45. The summed E-state index contributed by atoms with van der Waals surface area (Å²) < 4.78 is 26.9. The molecule has 4 nitrogen and oxygen atoms in total. The van der Waals surface area contributed by atoms with Gasteiger partial charge in [0.1, 0.15) is 4.90 Å². The van der Waals surface area contributed by atoms with Gasteiger partial charge in [-0.1, -0.05) is 26.0 Å². The van der Waals surface area contributed by atoms with E-state index < -0.39 is 10.0 Å². The lowest BCUT2D eigenvalue weighted by molar-refractivity contribution is 0.584. The minimum absolute atomic E-state index is 0.291. The molecule has 0 aliphatic heterocycles. The molecule has 0 saturated heterocycles. The highest BCUT2D eigenvalue weighted by Gasteiger charge is 2.16. The van der Waals surface area contributed by atoms with Crippen LogP contribution in [0.4, 0.5) is 5.69 Å². The lowest BCUT2D eigenvalue weighted by Gasteiger charge is -2.12. The van der Waals surface area contributed by atoms with E-state index in [-0.39, 0.29) is 0 Å². The zero-order chi connectivity index (χ0) is 15.3. The van der Waals surface area contributed by atoms with Crippen LogP contribution in [0.25, 0.3) is 0 Å².